The second-order valence-electron chi connectivity index (χ2n) is 4.44. The molecule has 0 spiro atoms. The number of carboxylic acids is 1. The smallest absolute Gasteiger partial charge is 0.316 e. The molecule has 0 aromatic heterocycles. The highest BCUT2D eigenvalue weighted by Crippen LogP contribution is 2.25. The first-order valence-corrected chi connectivity index (χ1v) is 7.88. The van der Waals surface area contributed by atoms with Crippen LogP contribution in [0.4, 0.5) is 0 Å². The van der Waals surface area contributed by atoms with Gasteiger partial charge in [-0.3, -0.25) is 9.00 Å². The van der Waals surface area contributed by atoms with Gasteiger partial charge >= 0.3 is 5.97 Å². The Balaban J connectivity index is 3.13. The van der Waals surface area contributed by atoms with Gasteiger partial charge < -0.3 is 5.11 Å². The summed E-state index contributed by atoms with van der Waals surface area (Å²) in [5, 5.41) is 8.85. The molecule has 0 amide bonds. The Morgan fingerprint density at radius 1 is 1.25 bits per heavy atom. The second kappa shape index (κ2) is 8.48. The number of aliphatic carboxylic acids is 1. The van der Waals surface area contributed by atoms with Crippen LogP contribution >= 0.6 is 0 Å². The average molecular weight is 292 g/mol. The van der Waals surface area contributed by atoms with Crippen LogP contribution in [0.3, 0.4) is 0 Å². The van der Waals surface area contributed by atoms with E-state index in [0.717, 1.165) is 17.6 Å². The standard InChI is InChI=1S/C16H20O3S/c1-3-4-6-9-13(2)16(20(19)12-15(17)18)14-10-7-5-8-11-14/h4-8,10-11H,3,9,12H2,1-2H3,(H,17,18)/b6-4?,16-13+. The summed E-state index contributed by atoms with van der Waals surface area (Å²) in [5.41, 5.74) is 1.77. The molecule has 1 N–H and O–H groups in total. The molecule has 0 aliphatic rings. The number of rotatable bonds is 7. The molecule has 3 nitrogen and oxygen atoms in total. The van der Waals surface area contributed by atoms with Gasteiger partial charge in [-0.15, -0.1) is 0 Å². The lowest BCUT2D eigenvalue weighted by molar-refractivity contribution is -0.133. The zero-order valence-corrected chi connectivity index (χ0v) is 12.7. The first-order valence-electron chi connectivity index (χ1n) is 6.56. The monoisotopic (exact) mass is 292 g/mol. The number of allylic oxidation sites excluding steroid dienone is 3. The molecule has 108 valence electrons. The molecule has 1 atom stereocenters. The van der Waals surface area contributed by atoms with E-state index in [9.17, 15) is 9.00 Å². The summed E-state index contributed by atoms with van der Waals surface area (Å²) in [6.07, 6.45) is 5.71. The van der Waals surface area contributed by atoms with Gasteiger partial charge in [0.05, 0.1) is 10.8 Å². The molecule has 1 aromatic rings. The molecular weight excluding hydrogens is 272 g/mol. The Bertz CT molecular complexity index is 530. The van der Waals surface area contributed by atoms with Crippen molar-refractivity contribution in [2.24, 2.45) is 0 Å². The summed E-state index contributed by atoms with van der Waals surface area (Å²) >= 11 is 0. The van der Waals surface area contributed by atoms with E-state index in [-0.39, 0.29) is 5.75 Å². The number of carbonyl (C=O) groups is 1. The highest BCUT2D eigenvalue weighted by Gasteiger charge is 2.16. The van der Waals surface area contributed by atoms with E-state index < -0.39 is 16.8 Å². The topological polar surface area (TPSA) is 54.4 Å². The molecule has 0 fully saturated rings. The molecular formula is C16H20O3S. The van der Waals surface area contributed by atoms with E-state index >= 15 is 0 Å². The van der Waals surface area contributed by atoms with Crippen LogP contribution in [0.5, 0.6) is 0 Å². The predicted molar refractivity (Wildman–Crippen MR) is 83.7 cm³/mol. The van der Waals surface area contributed by atoms with Gasteiger partial charge in [0.15, 0.2) is 0 Å². The van der Waals surface area contributed by atoms with Crippen molar-refractivity contribution in [3.05, 3.63) is 53.6 Å². The molecule has 1 aromatic carbocycles. The maximum Gasteiger partial charge on any atom is 0.316 e. The van der Waals surface area contributed by atoms with Crippen molar-refractivity contribution in [1.29, 1.82) is 0 Å². The molecule has 0 bridgehead atoms. The van der Waals surface area contributed by atoms with Crippen LogP contribution in [-0.4, -0.2) is 21.0 Å². The lowest BCUT2D eigenvalue weighted by Crippen LogP contribution is -2.11. The Kier molecular flexibility index (Phi) is 6.94. The van der Waals surface area contributed by atoms with Crippen LogP contribution < -0.4 is 0 Å². The fourth-order valence-corrected chi connectivity index (χ4v) is 3.11. The summed E-state index contributed by atoms with van der Waals surface area (Å²) in [6.45, 7) is 3.96. The summed E-state index contributed by atoms with van der Waals surface area (Å²) < 4.78 is 12.3. The molecule has 0 radical (unpaired) electrons. The Morgan fingerprint density at radius 2 is 1.90 bits per heavy atom. The van der Waals surface area contributed by atoms with Gasteiger partial charge in [-0.25, -0.2) is 0 Å². The maximum atomic E-state index is 12.3. The van der Waals surface area contributed by atoms with Gasteiger partial charge in [-0.05, 0) is 25.3 Å². The minimum atomic E-state index is -1.53. The van der Waals surface area contributed by atoms with E-state index in [1.165, 1.54) is 0 Å². The quantitative estimate of drug-likeness (QED) is 0.781. The van der Waals surface area contributed by atoms with Crippen molar-refractivity contribution in [1.82, 2.24) is 0 Å². The van der Waals surface area contributed by atoms with Gasteiger partial charge in [0.1, 0.15) is 5.75 Å². The lowest BCUT2D eigenvalue weighted by Gasteiger charge is -2.10. The first-order chi connectivity index (χ1) is 9.56. The summed E-state index contributed by atoms with van der Waals surface area (Å²) in [4.78, 5) is 11.4. The van der Waals surface area contributed by atoms with Gasteiger partial charge in [0.25, 0.3) is 0 Å². The average Bonchev–Trinajstić information content (AvgIpc) is 2.39. The first kappa shape index (κ1) is 16.4. The minimum Gasteiger partial charge on any atom is -0.481 e. The zero-order chi connectivity index (χ0) is 15.0. The van der Waals surface area contributed by atoms with Crippen LogP contribution in [0.25, 0.3) is 4.91 Å². The third-order valence-corrected chi connectivity index (χ3v) is 4.28. The molecule has 1 rings (SSSR count). The van der Waals surface area contributed by atoms with Crippen LogP contribution in [0.15, 0.2) is 48.1 Å². The Hall–Kier alpha value is -1.68. The molecule has 0 saturated heterocycles. The molecule has 4 heteroatoms. The normalized spacial score (nSPS) is 14.1. The van der Waals surface area contributed by atoms with Crippen LogP contribution in [0, 0.1) is 0 Å². The van der Waals surface area contributed by atoms with Crippen molar-refractivity contribution >= 4 is 21.7 Å². The maximum absolute atomic E-state index is 12.3. The molecule has 0 aliphatic carbocycles. The third kappa shape index (κ3) is 5.13. The molecule has 20 heavy (non-hydrogen) atoms. The van der Waals surface area contributed by atoms with Crippen molar-refractivity contribution in [2.45, 2.75) is 26.7 Å². The SMILES string of the molecule is CCC=CC/C(C)=C(\c1ccccc1)S(=O)CC(=O)O. The molecule has 1 unspecified atom stereocenters. The number of hydrogen-bond donors (Lipinski definition) is 1. The number of benzene rings is 1. The lowest BCUT2D eigenvalue weighted by atomic mass is 10.1. The summed E-state index contributed by atoms with van der Waals surface area (Å²) in [7, 11) is -1.53. The van der Waals surface area contributed by atoms with E-state index in [1.54, 1.807) is 0 Å². The fourth-order valence-electron chi connectivity index (χ4n) is 1.87. The van der Waals surface area contributed by atoms with Gasteiger partial charge in [0, 0.05) is 4.91 Å². The second-order valence-corrected chi connectivity index (χ2v) is 5.83. The van der Waals surface area contributed by atoms with E-state index in [4.69, 9.17) is 5.11 Å². The van der Waals surface area contributed by atoms with Crippen LogP contribution in [0.2, 0.25) is 0 Å². The Morgan fingerprint density at radius 3 is 2.45 bits per heavy atom. The van der Waals surface area contributed by atoms with E-state index in [0.29, 0.717) is 11.3 Å². The van der Waals surface area contributed by atoms with Gasteiger partial charge in [0.2, 0.25) is 0 Å². The zero-order valence-electron chi connectivity index (χ0n) is 11.8. The largest absolute Gasteiger partial charge is 0.481 e. The highest BCUT2D eigenvalue weighted by molar-refractivity contribution is 7.95. The number of hydrogen-bond acceptors (Lipinski definition) is 2. The van der Waals surface area contributed by atoms with Crippen LogP contribution in [0.1, 0.15) is 32.3 Å². The molecule has 0 saturated carbocycles. The molecule has 0 aliphatic heterocycles. The predicted octanol–water partition coefficient (Wildman–Crippen LogP) is 3.61. The minimum absolute atomic E-state index is 0.362. The van der Waals surface area contributed by atoms with E-state index in [1.807, 2.05) is 49.4 Å². The fraction of sp³-hybridized carbons (Fsp3) is 0.312. The number of carboxylic acid groups (broad SMARTS) is 1. The third-order valence-electron chi connectivity index (χ3n) is 2.73. The van der Waals surface area contributed by atoms with Gasteiger partial charge in [-0.1, -0.05) is 55.0 Å². The van der Waals surface area contributed by atoms with Crippen molar-refractivity contribution in [2.75, 3.05) is 5.75 Å². The molecule has 0 heterocycles. The van der Waals surface area contributed by atoms with Crippen molar-refractivity contribution < 1.29 is 14.1 Å². The van der Waals surface area contributed by atoms with Crippen molar-refractivity contribution in [3.8, 4) is 0 Å². The highest BCUT2D eigenvalue weighted by atomic mass is 32.2. The van der Waals surface area contributed by atoms with Gasteiger partial charge in [-0.2, -0.15) is 0 Å². The van der Waals surface area contributed by atoms with Crippen molar-refractivity contribution in [3.63, 3.8) is 0 Å². The summed E-state index contributed by atoms with van der Waals surface area (Å²) in [5.74, 6) is -1.41. The summed E-state index contributed by atoms with van der Waals surface area (Å²) in [6, 6.07) is 9.34. The van der Waals surface area contributed by atoms with E-state index in [2.05, 4.69) is 6.92 Å². The van der Waals surface area contributed by atoms with Crippen LogP contribution in [-0.2, 0) is 15.6 Å². The Labute approximate surface area is 122 Å².